The fourth-order valence-corrected chi connectivity index (χ4v) is 2.36. The lowest BCUT2D eigenvalue weighted by Crippen LogP contribution is -2.51. The van der Waals surface area contributed by atoms with Gasteiger partial charge in [0.25, 0.3) is 5.91 Å². The molecule has 6 heteroatoms. The monoisotopic (exact) mass is 297 g/mol. The van der Waals surface area contributed by atoms with E-state index in [0.717, 1.165) is 19.4 Å². The van der Waals surface area contributed by atoms with Crippen LogP contribution in [0.25, 0.3) is 0 Å². The van der Waals surface area contributed by atoms with Crippen LogP contribution < -0.4 is 5.32 Å². The van der Waals surface area contributed by atoms with Crippen molar-refractivity contribution in [1.82, 2.24) is 15.3 Å². The molecule has 1 aliphatic rings. The number of carbonyl (C=O) groups is 1. The highest BCUT2D eigenvalue weighted by Gasteiger charge is 2.30. The Balaban J connectivity index is 2.18. The van der Waals surface area contributed by atoms with Crippen LogP contribution in [0.2, 0.25) is 5.02 Å². The standard InChI is InChI=1S/C14H20ClN3O2/c1-9(2)12-16-7-10(15)11(17-12)13(19)18-14(3)5-4-6-20-8-14/h7,9H,4-6,8H2,1-3H3,(H,18,19). The fraction of sp³-hybridized carbons (Fsp3) is 0.643. The Morgan fingerprint density at radius 2 is 2.30 bits per heavy atom. The third kappa shape index (κ3) is 3.46. The molecule has 1 fully saturated rings. The molecule has 0 aromatic carbocycles. The normalized spacial score (nSPS) is 22.9. The SMILES string of the molecule is CC(C)c1ncc(Cl)c(C(=O)NC2(C)CCCOC2)n1. The van der Waals surface area contributed by atoms with E-state index in [0.29, 0.717) is 12.4 Å². The van der Waals surface area contributed by atoms with Gasteiger partial charge in [0.05, 0.1) is 23.4 Å². The number of halogens is 1. The Labute approximate surface area is 124 Å². The molecule has 110 valence electrons. The molecule has 5 nitrogen and oxygen atoms in total. The number of hydrogen-bond acceptors (Lipinski definition) is 4. The molecule has 0 spiro atoms. The van der Waals surface area contributed by atoms with E-state index in [1.807, 2.05) is 20.8 Å². The molecule has 0 radical (unpaired) electrons. The molecule has 1 atom stereocenters. The molecule has 1 aliphatic heterocycles. The Morgan fingerprint density at radius 3 is 2.90 bits per heavy atom. The van der Waals surface area contributed by atoms with Crippen molar-refractivity contribution in [3.8, 4) is 0 Å². The minimum absolute atomic E-state index is 0.146. The van der Waals surface area contributed by atoms with Gasteiger partial charge in [-0.25, -0.2) is 9.97 Å². The highest BCUT2D eigenvalue weighted by Crippen LogP contribution is 2.21. The minimum Gasteiger partial charge on any atom is -0.379 e. The molecule has 1 aromatic heterocycles. The van der Waals surface area contributed by atoms with Gasteiger partial charge in [0.2, 0.25) is 0 Å². The third-order valence-electron chi connectivity index (χ3n) is 3.35. The maximum Gasteiger partial charge on any atom is 0.272 e. The van der Waals surface area contributed by atoms with Crippen molar-refractivity contribution < 1.29 is 9.53 Å². The molecule has 1 aromatic rings. The summed E-state index contributed by atoms with van der Waals surface area (Å²) in [7, 11) is 0. The lowest BCUT2D eigenvalue weighted by molar-refractivity contribution is 0.0271. The van der Waals surface area contributed by atoms with E-state index in [-0.39, 0.29) is 28.1 Å². The van der Waals surface area contributed by atoms with Crippen molar-refractivity contribution in [3.05, 3.63) is 22.7 Å². The Morgan fingerprint density at radius 1 is 1.55 bits per heavy atom. The van der Waals surface area contributed by atoms with Gasteiger partial charge in [-0.1, -0.05) is 25.4 Å². The van der Waals surface area contributed by atoms with Gasteiger partial charge < -0.3 is 10.1 Å². The topological polar surface area (TPSA) is 64.1 Å². The molecule has 0 bridgehead atoms. The molecule has 20 heavy (non-hydrogen) atoms. The molecule has 2 heterocycles. The number of amides is 1. The van der Waals surface area contributed by atoms with E-state index in [1.165, 1.54) is 6.20 Å². The van der Waals surface area contributed by atoms with Crippen LogP contribution in [0.5, 0.6) is 0 Å². The summed E-state index contributed by atoms with van der Waals surface area (Å²) in [5, 5.41) is 3.25. The number of nitrogens with one attached hydrogen (secondary N) is 1. The van der Waals surface area contributed by atoms with E-state index < -0.39 is 0 Å². The average molecular weight is 298 g/mol. The van der Waals surface area contributed by atoms with Crippen LogP contribution >= 0.6 is 11.6 Å². The first-order chi connectivity index (χ1) is 9.41. The lowest BCUT2D eigenvalue weighted by Gasteiger charge is -2.34. The van der Waals surface area contributed by atoms with Crippen molar-refractivity contribution in [2.75, 3.05) is 13.2 Å². The van der Waals surface area contributed by atoms with Crippen molar-refractivity contribution in [2.45, 2.75) is 45.1 Å². The summed E-state index contributed by atoms with van der Waals surface area (Å²) in [5.41, 5.74) is -0.126. The van der Waals surface area contributed by atoms with Crippen LogP contribution in [0.15, 0.2) is 6.20 Å². The van der Waals surface area contributed by atoms with Crippen LogP contribution in [-0.2, 0) is 4.74 Å². The zero-order valence-corrected chi connectivity index (χ0v) is 12.8. The second-order valence-corrected chi connectivity index (χ2v) is 6.16. The van der Waals surface area contributed by atoms with Crippen LogP contribution in [-0.4, -0.2) is 34.6 Å². The number of nitrogens with zero attached hydrogens (tertiary/aromatic N) is 2. The molecule has 0 saturated carbocycles. The second-order valence-electron chi connectivity index (χ2n) is 5.75. The molecule has 1 unspecified atom stereocenters. The summed E-state index contributed by atoms with van der Waals surface area (Å²) in [6.07, 6.45) is 3.31. The second kappa shape index (κ2) is 6.06. The minimum atomic E-state index is -0.360. The van der Waals surface area contributed by atoms with Crippen LogP contribution in [0.4, 0.5) is 0 Å². The van der Waals surface area contributed by atoms with E-state index in [1.54, 1.807) is 0 Å². The molecule has 1 saturated heterocycles. The van der Waals surface area contributed by atoms with Crippen molar-refractivity contribution in [2.24, 2.45) is 0 Å². The zero-order chi connectivity index (χ0) is 14.8. The number of ether oxygens (including phenoxy) is 1. The van der Waals surface area contributed by atoms with E-state index in [2.05, 4.69) is 15.3 Å². The molecule has 0 aliphatic carbocycles. The maximum absolute atomic E-state index is 12.4. The first-order valence-corrected chi connectivity index (χ1v) is 7.22. The Bertz CT molecular complexity index is 499. The summed E-state index contributed by atoms with van der Waals surface area (Å²) in [4.78, 5) is 20.8. The number of hydrogen-bond donors (Lipinski definition) is 1. The van der Waals surface area contributed by atoms with Gasteiger partial charge in [-0.05, 0) is 19.8 Å². The van der Waals surface area contributed by atoms with Crippen LogP contribution in [0.1, 0.15) is 55.8 Å². The zero-order valence-electron chi connectivity index (χ0n) is 12.1. The van der Waals surface area contributed by atoms with Gasteiger partial charge in [0.15, 0.2) is 0 Å². The van der Waals surface area contributed by atoms with E-state index in [9.17, 15) is 4.79 Å². The summed E-state index contributed by atoms with van der Waals surface area (Å²) >= 11 is 6.04. The lowest BCUT2D eigenvalue weighted by atomic mass is 9.95. The Hall–Kier alpha value is -1.20. The van der Waals surface area contributed by atoms with Gasteiger partial charge >= 0.3 is 0 Å². The van der Waals surface area contributed by atoms with Gasteiger partial charge in [-0.3, -0.25) is 4.79 Å². The first kappa shape index (κ1) is 15.2. The van der Waals surface area contributed by atoms with Gasteiger partial charge in [-0.2, -0.15) is 0 Å². The predicted molar refractivity (Wildman–Crippen MR) is 77.1 cm³/mol. The number of rotatable bonds is 3. The number of aromatic nitrogens is 2. The summed E-state index contributed by atoms with van der Waals surface area (Å²) in [5.74, 6) is 0.490. The fourth-order valence-electron chi connectivity index (χ4n) is 2.18. The average Bonchev–Trinajstić information content (AvgIpc) is 2.39. The summed E-state index contributed by atoms with van der Waals surface area (Å²) < 4.78 is 5.43. The maximum atomic E-state index is 12.4. The largest absolute Gasteiger partial charge is 0.379 e. The van der Waals surface area contributed by atoms with E-state index >= 15 is 0 Å². The van der Waals surface area contributed by atoms with Gasteiger partial charge in [-0.15, -0.1) is 0 Å². The Kier molecular flexibility index (Phi) is 4.60. The molecular formula is C14H20ClN3O2. The van der Waals surface area contributed by atoms with Crippen molar-refractivity contribution in [1.29, 1.82) is 0 Å². The molecule has 2 rings (SSSR count). The molecule has 1 N–H and O–H groups in total. The molecular weight excluding hydrogens is 278 g/mol. The quantitative estimate of drug-likeness (QED) is 0.931. The number of carbonyl (C=O) groups excluding carboxylic acids is 1. The predicted octanol–water partition coefficient (Wildman–Crippen LogP) is 2.55. The molecule has 1 amide bonds. The van der Waals surface area contributed by atoms with Crippen molar-refractivity contribution >= 4 is 17.5 Å². The van der Waals surface area contributed by atoms with Crippen LogP contribution in [0.3, 0.4) is 0 Å². The van der Waals surface area contributed by atoms with Gasteiger partial charge in [0, 0.05) is 12.5 Å². The highest BCUT2D eigenvalue weighted by atomic mass is 35.5. The highest BCUT2D eigenvalue weighted by molar-refractivity contribution is 6.33. The smallest absolute Gasteiger partial charge is 0.272 e. The summed E-state index contributed by atoms with van der Waals surface area (Å²) in [6, 6.07) is 0. The summed E-state index contributed by atoms with van der Waals surface area (Å²) in [6.45, 7) is 7.18. The third-order valence-corrected chi connectivity index (χ3v) is 3.62. The van der Waals surface area contributed by atoms with Gasteiger partial charge in [0.1, 0.15) is 11.5 Å². The van der Waals surface area contributed by atoms with Crippen LogP contribution in [0, 0.1) is 0 Å². The van der Waals surface area contributed by atoms with Crippen molar-refractivity contribution in [3.63, 3.8) is 0 Å². The van der Waals surface area contributed by atoms with E-state index in [4.69, 9.17) is 16.3 Å². The first-order valence-electron chi connectivity index (χ1n) is 6.84.